The third-order valence-corrected chi connectivity index (χ3v) is 6.56. The highest BCUT2D eigenvalue weighted by atomic mass is 35.5. The maximum atomic E-state index is 13.3. The molecule has 1 aromatic heterocycles. The fourth-order valence-electron chi connectivity index (χ4n) is 3.69. The number of nitrogens with zero attached hydrogens (tertiary/aromatic N) is 1. The van der Waals surface area contributed by atoms with E-state index < -0.39 is 5.97 Å². The summed E-state index contributed by atoms with van der Waals surface area (Å²) < 4.78 is 12.8. The van der Waals surface area contributed by atoms with Gasteiger partial charge in [-0.15, -0.1) is 11.8 Å². The molecule has 2 heterocycles. The van der Waals surface area contributed by atoms with E-state index in [1.165, 1.54) is 0 Å². The molecule has 7 heteroatoms. The van der Waals surface area contributed by atoms with Crippen LogP contribution in [-0.2, 0) is 4.74 Å². The van der Waals surface area contributed by atoms with E-state index in [2.05, 4.69) is 6.92 Å². The van der Waals surface area contributed by atoms with Crippen LogP contribution in [0.2, 0.25) is 5.02 Å². The molecule has 2 aliphatic rings. The van der Waals surface area contributed by atoms with Crippen molar-refractivity contribution in [2.24, 2.45) is 0 Å². The van der Waals surface area contributed by atoms with Crippen LogP contribution in [0.1, 0.15) is 67.7 Å². The smallest absolute Gasteiger partial charge is 0.344 e. The zero-order valence-corrected chi connectivity index (χ0v) is 18.5. The van der Waals surface area contributed by atoms with Crippen molar-refractivity contribution in [1.82, 2.24) is 4.57 Å². The number of pyridine rings is 1. The van der Waals surface area contributed by atoms with Crippen molar-refractivity contribution in [2.75, 3.05) is 6.61 Å². The molecule has 4 rings (SSSR count). The van der Waals surface area contributed by atoms with Crippen molar-refractivity contribution < 1.29 is 14.3 Å². The number of carbonyl (C=O) groups is 1. The van der Waals surface area contributed by atoms with Crippen molar-refractivity contribution in [3.63, 3.8) is 0 Å². The Bertz CT molecular complexity index is 1040. The fraction of sp³-hybridized carbons (Fsp3) is 0.455. The number of hydrogen-bond acceptors (Lipinski definition) is 5. The number of fused-ring (bicyclic) bond motifs is 3. The quantitative estimate of drug-likeness (QED) is 0.571. The van der Waals surface area contributed by atoms with E-state index in [4.69, 9.17) is 21.1 Å². The second kappa shape index (κ2) is 7.73. The van der Waals surface area contributed by atoms with Crippen molar-refractivity contribution in [3.05, 3.63) is 44.7 Å². The highest BCUT2D eigenvalue weighted by molar-refractivity contribution is 7.99. The number of benzene rings is 1. The number of halogens is 1. The summed E-state index contributed by atoms with van der Waals surface area (Å²) >= 11 is 8.15. The van der Waals surface area contributed by atoms with E-state index >= 15 is 0 Å². The summed E-state index contributed by atoms with van der Waals surface area (Å²) in [6, 6.07) is 5.65. The molecule has 1 aromatic carbocycles. The van der Waals surface area contributed by atoms with Gasteiger partial charge in [-0.25, -0.2) is 4.79 Å². The van der Waals surface area contributed by atoms with E-state index in [9.17, 15) is 9.59 Å². The van der Waals surface area contributed by atoms with E-state index in [0.717, 1.165) is 34.6 Å². The molecule has 154 valence electrons. The van der Waals surface area contributed by atoms with Crippen LogP contribution in [0.4, 0.5) is 0 Å². The number of rotatable bonds is 5. The van der Waals surface area contributed by atoms with Crippen molar-refractivity contribution in [1.29, 1.82) is 0 Å². The average molecular weight is 434 g/mol. The third kappa shape index (κ3) is 3.68. The van der Waals surface area contributed by atoms with Crippen LogP contribution in [0.3, 0.4) is 0 Å². The van der Waals surface area contributed by atoms with E-state index in [1.54, 1.807) is 36.2 Å². The van der Waals surface area contributed by atoms with E-state index in [0.29, 0.717) is 17.4 Å². The molecule has 0 bridgehead atoms. The van der Waals surface area contributed by atoms with Gasteiger partial charge in [0.1, 0.15) is 11.3 Å². The first-order valence-electron chi connectivity index (χ1n) is 9.95. The third-order valence-electron chi connectivity index (χ3n) is 5.07. The van der Waals surface area contributed by atoms with Gasteiger partial charge in [0.05, 0.1) is 23.4 Å². The molecule has 0 N–H and O–H groups in total. The molecule has 1 fully saturated rings. The molecular formula is C22H24ClNO4S. The first-order valence-corrected chi connectivity index (χ1v) is 11.2. The highest BCUT2D eigenvalue weighted by Gasteiger charge is 2.35. The molecule has 0 spiro atoms. The predicted octanol–water partition coefficient (Wildman–Crippen LogP) is 5.63. The summed E-state index contributed by atoms with van der Waals surface area (Å²) in [5, 5.41) is 0.592. The number of ether oxygens (including phenoxy) is 2. The van der Waals surface area contributed by atoms with Gasteiger partial charge in [-0.2, -0.15) is 0 Å². The van der Waals surface area contributed by atoms with Crippen molar-refractivity contribution in [2.45, 2.75) is 62.8 Å². The van der Waals surface area contributed by atoms with Gasteiger partial charge in [0.15, 0.2) is 0 Å². The maximum Gasteiger partial charge on any atom is 0.344 e. The summed E-state index contributed by atoms with van der Waals surface area (Å²) in [5.74, 6) is 0.0865. The first kappa shape index (κ1) is 20.4. The summed E-state index contributed by atoms with van der Waals surface area (Å²) in [5.41, 5.74) is 2.57. The van der Waals surface area contributed by atoms with Gasteiger partial charge < -0.3 is 14.0 Å². The summed E-state index contributed by atoms with van der Waals surface area (Å²) in [7, 11) is 0. The van der Waals surface area contributed by atoms with Gasteiger partial charge in [-0.05, 0) is 64.3 Å². The fourth-order valence-corrected chi connectivity index (χ4v) is 5.06. The average Bonchev–Trinajstić information content (AvgIpc) is 3.47. The molecule has 5 nitrogen and oxygen atoms in total. The molecule has 1 aliphatic heterocycles. The number of carbonyl (C=O) groups excluding carboxylic acids is 1. The number of esters is 1. The number of thioether (sulfide) groups is 1. The molecular weight excluding hydrogens is 410 g/mol. The zero-order chi connectivity index (χ0) is 20.9. The Kier molecular flexibility index (Phi) is 5.42. The molecule has 1 saturated carbocycles. The zero-order valence-electron chi connectivity index (χ0n) is 17.0. The van der Waals surface area contributed by atoms with Crippen LogP contribution >= 0.6 is 23.4 Å². The molecule has 1 aliphatic carbocycles. The monoisotopic (exact) mass is 433 g/mol. The van der Waals surface area contributed by atoms with Gasteiger partial charge in [0, 0.05) is 21.8 Å². The standard InChI is InChI=1S/C22H24ClNO4S/c1-5-27-18-10-19-15(9-17(18)23)20-14(12(4)29-19)8-16(22(26)28-11(2)3)21(25)24(20)13-6-7-13/h8-13H,5-7H2,1-4H3. The van der Waals surface area contributed by atoms with Crippen LogP contribution in [0.5, 0.6) is 5.75 Å². The van der Waals surface area contributed by atoms with Gasteiger partial charge in [0.25, 0.3) is 5.56 Å². The van der Waals surface area contributed by atoms with Gasteiger partial charge >= 0.3 is 5.97 Å². The molecule has 1 atom stereocenters. The minimum absolute atomic E-state index is 0.0735. The number of hydrogen-bond donors (Lipinski definition) is 0. The summed E-state index contributed by atoms with van der Waals surface area (Å²) in [6.45, 7) is 8.10. The second-order valence-electron chi connectivity index (χ2n) is 7.69. The van der Waals surface area contributed by atoms with Crippen LogP contribution < -0.4 is 10.3 Å². The molecule has 0 radical (unpaired) electrons. The van der Waals surface area contributed by atoms with E-state index in [1.807, 2.05) is 19.1 Å². The van der Waals surface area contributed by atoms with Gasteiger partial charge in [-0.1, -0.05) is 11.6 Å². The Morgan fingerprint density at radius 2 is 2.03 bits per heavy atom. The van der Waals surface area contributed by atoms with Crippen LogP contribution in [0, 0.1) is 0 Å². The molecule has 29 heavy (non-hydrogen) atoms. The summed E-state index contributed by atoms with van der Waals surface area (Å²) in [6.07, 6.45) is 1.57. The minimum Gasteiger partial charge on any atom is -0.492 e. The second-order valence-corrected chi connectivity index (χ2v) is 9.48. The van der Waals surface area contributed by atoms with Gasteiger partial charge in [0.2, 0.25) is 0 Å². The lowest BCUT2D eigenvalue weighted by atomic mass is 9.99. The van der Waals surface area contributed by atoms with Crippen LogP contribution in [0.25, 0.3) is 11.3 Å². The minimum atomic E-state index is -0.560. The Hall–Kier alpha value is -1.92. The van der Waals surface area contributed by atoms with Gasteiger partial charge in [-0.3, -0.25) is 4.79 Å². The highest BCUT2D eigenvalue weighted by Crippen LogP contribution is 2.52. The lowest BCUT2D eigenvalue weighted by molar-refractivity contribution is 0.0375. The Labute approximate surface area is 179 Å². The lowest BCUT2D eigenvalue weighted by Gasteiger charge is -2.29. The lowest BCUT2D eigenvalue weighted by Crippen LogP contribution is -2.31. The largest absolute Gasteiger partial charge is 0.492 e. The predicted molar refractivity (Wildman–Crippen MR) is 115 cm³/mol. The summed E-state index contributed by atoms with van der Waals surface area (Å²) in [4.78, 5) is 26.9. The topological polar surface area (TPSA) is 57.5 Å². The Morgan fingerprint density at radius 3 is 2.66 bits per heavy atom. The molecule has 0 saturated heterocycles. The maximum absolute atomic E-state index is 13.3. The normalized spacial score (nSPS) is 17.7. The molecule has 1 unspecified atom stereocenters. The van der Waals surface area contributed by atoms with Crippen LogP contribution in [-0.4, -0.2) is 23.2 Å². The Morgan fingerprint density at radius 1 is 1.31 bits per heavy atom. The molecule has 2 aromatic rings. The Balaban J connectivity index is 1.95. The number of aromatic nitrogens is 1. The van der Waals surface area contributed by atoms with Crippen LogP contribution in [0.15, 0.2) is 27.9 Å². The molecule has 0 amide bonds. The first-order chi connectivity index (χ1) is 13.8. The van der Waals surface area contributed by atoms with Crippen molar-refractivity contribution >= 4 is 29.3 Å². The van der Waals surface area contributed by atoms with E-state index in [-0.39, 0.29) is 28.5 Å². The SMILES string of the molecule is CCOc1cc2c(cc1Cl)-c1c(cc(C(=O)OC(C)C)c(=O)n1C1CC1)C(C)S2. The van der Waals surface area contributed by atoms with Crippen molar-refractivity contribution in [3.8, 4) is 17.0 Å².